The Labute approximate surface area is 200 Å². The van der Waals surface area contributed by atoms with Gasteiger partial charge in [-0.05, 0) is 48.9 Å². The second-order valence-corrected chi connectivity index (χ2v) is 11.2. The lowest BCUT2D eigenvalue weighted by molar-refractivity contribution is 0.510. The topological polar surface area (TPSA) is 35.6 Å². The predicted octanol–water partition coefficient (Wildman–Crippen LogP) is 7.24. The van der Waals surface area contributed by atoms with Crippen molar-refractivity contribution in [2.45, 2.75) is 19.3 Å². The highest BCUT2D eigenvalue weighted by Gasteiger charge is 2.33. The zero-order valence-corrected chi connectivity index (χ0v) is 20.7. The van der Waals surface area contributed by atoms with Gasteiger partial charge in [-0.1, -0.05) is 36.4 Å². The van der Waals surface area contributed by atoms with Crippen LogP contribution in [0.5, 0.6) is 0 Å². The Morgan fingerprint density at radius 3 is 1.52 bits per heavy atom. The molecule has 4 heterocycles. The highest BCUT2D eigenvalue weighted by atomic mass is 32.1. The number of benzene rings is 2. The van der Waals surface area contributed by atoms with Crippen LogP contribution >= 0.6 is 22.7 Å². The van der Waals surface area contributed by atoms with Crippen molar-refractivity contribution in [3.05, 3.63) is 84.7 Å². The third-order valence-corrected chi connectivity index (χ3v) is 8.50. The molecule has 164 valence electrons. The van der Waals surface area contributed by atoms with Gasteiger partial charge in [0, 0.05) is 35.9 Å². The second kappa shape index (κ2) is 7.40. The van der Waals surface area contributed by atoms with E-state index < -0.39 is 0 Å². The Balaban J connectivity index is 1.40. The Bertz CT molecular complexity index is 1440. The zero-order chi connectivity index (χ0) is 22.7. The van der Waals surface area contributed by atoms with Crippen LogP contribution in [-0.4, -0.2) is 19.1 Å². The fourth-order valence-electron chi connectivity index (χ4n) is 4.65. The summed E-state index contributed by atoms with van der Waals surface area (Å²) < 4.78 is 6.87. The molecule has 6 heteroatoms. The molecule has 4 nitrogen and oxygen atoms in total. The van der Waals surface area contributed by atoms with E-state index >= 15 is 0 Å². The molecular formula is C27H24N4S2. The molecule has 0 radical (unpaired) electrons. The molecule has 0 spiro atoms. The minimum Gasteiger partial charge on any atom is -0.336 e. The van der Waals surface area contributed by atoms with Crippen molar-refractivity contribution in [3.63, 3.8) is 0 Å². The highest BCUT2D eigenvalue weighted by molar-refractivity contribution is 7.22. The quantitative estimate of drug-likeness (QED) is 0.273. The Hall–Kier alpha value is -3.22. The number of nitrogens with zero attached hydrogens (tertiary/aromatic N) is 4. The lowest BCUT2D eigenvalue weighted by Gasteiger charge is -2.23. The molecule has 4 aromatic heterocycles. The first-order valence-electron chi connectivity index (χ1n) is 11.0. The number of hydrogen-bond acceptors (Lipinski definition) is 4. The van der Waals surface area contributed by atoms with Gasteiger partial charge in [0.05, 0.1) is 26.6 Å². The molecule has 0 atom stereocenters. The van der Waals surface area contributed by atoms with Crippen LogP contribution in [0.1, 0.15) is 25.5 Å². The molecule has 0 aliphatic rings. The van der Waals surface area contributed by atoms with Crippen molar-refractivity contribution >= 4 is 42.8 Å². The maximum absolute atomic E-state index is 5.10. The molecular weight excluding hydrogens is 444 g/mol. The molecule has 0 amide bonds. The van der Waals surface area contributed by atoms with Crippen molar-refractivity contribution in [2.75, 3.05) is 0 Å². The summed E-state index contributed by atoms with van der Waals surface area (Å²) in [6.45, 7) is 4.42. The number of hydrogen-bond donors (Lipinski definition) is 0. The lowest BCUT2D eigenvalue weighted by atomic mass is 9.91. The van der Waals surface area contributed by atoms with Gasteiger partial charge in [0.25, 0.3) is 0 Å². The molecule has 0 N–H and O–H groups in total. The molecule has 0 unspecified atom stereocenters. The summed E-state index contributed by atoms with van der Waals surface area (Å²) in [6, 6.07) is 21.5. The van der Waals surface area contributed by atoms with Gasteiger partial charge < -0.3 is 9.13 Å². The van der Waals surface area contributed by atoms with Crippen LogP contribution in [0.2, 0.25) is 0 Å². The second-order valence-electron chi connectivity index (χ2n) is 9.04. The molecule has 0 aliphatic carbocycles. The normalized spacial score (nSPS) is 12.2. The zero-order valence-electron chi connectivity index (χ0n) is 19.0. The fraction of sp³-hybridized carbons (Fsp3) is 0.185. The van der Waals surface area contributed by atoms with Crippen molar-refractivity contribution in [1.82, 2.24) is 19.1 Å². The first kappa shape index (κ1) is 20.4. The SMILES string of the molecule is Cn1cc(-c2cc3ccccc3s2)nc1C(C)(C)c1nc(-c2cc3ccccc3s2)cn1C. The van der Waals surface area contributed by atoms with Crippen LogP contribution in [-0.2, 0) is 19.5 Å². The summed E-state index contributed by atoms with van der Waals surface area (Å²) in [5, 5.41) is 2.53. The lowest BCUT2D eigenvalue weighted by Crippen LogP contribution is -2.27. The van der Waals surface area contributed by atoms with E-state index in [1.807, 2.05) is 0 Å². The third kappa shape index (κ3) is 3.33. The molecule has 33 heavy (non-hydrogen) atoms. The van der Waals surface area contributed by atoms with Crippen LogP contribution in [0.15, 0.2) is 73.1 Å². The largest absolute Gasteiger partial charge is 0.336 e. The van der Waals surface area contributed by atoms with Gasteiger partial charge in [-0.2, -0.15) is 0 Å². The van der Waals surface area contributed by atoms with Crippen LogP contribution in [0, 0.1) is 0 Å². The number of aromatic nitrogens is 4. The first-order valence-corrected chi connectivity index (χ1v) is 12.6. The minimum absolute atomic E-state index is 0.354. The van der Waals surface area contributed by atoms with Crippen LogP contribution in [0.3, 0.4) is 0 Å². The summed E-state index contributed by atoms with van der Waals surface area (Å²) in [7, 11) is 4.16. The smallest absolute Gasteiger partial charge is 0.122 e. The number of imidazole rings is 2. The summed E-state index contributed by atoms with van der Waals surface area (Å²) in [5.41, 5.74) is 1.68. The Morgan fingerprint density at radius 2 is 1.09 bits per heavy atom. The molecule has 0 bridgehead atoms. The van der Waals surface area contributed by atoms with Gasteiger partial charge in [-0.25, -0.2) is 9.97 Å². The standard InChI is InChI=1S/C27H24N4S2/c1-27(2,25-28-19(15-30(25)3)23-13-17-9-5-7-11-21(17)32-23)26-29-20(16-31(26)4)24-14-18-10-6-8-12-22(18)33-24/h5-16H,1-4H3. The van der Waals surface area contributed by atoms with Crippen molar-refractivity contribution in [1.29, 1.82) is 0 Å². The highest BCUT2D eigenvalue weighted by Crippen LogP contribution is 2.38. The van der Waals surface area contributed by atoms with Gasteiger partial charge in [0.15, 0.2) is 0 Å². The van der Waals surface area contributed by atoms with E-state index in [1.165, 1.54) is 29.9 Å². The van der Waals surface area contributed by atoms with Gasteiger partial charge in [-0.3, -0.25) is 0 Å². The monoisotopic (exact) mass is 468 g/mol. The van der Waals surface area contributed by atoms with E-state index in [2.05, 4.69) is 110 Å². The van der Waals surface area contributed by atoms with Crippen molar-refractivity contribution < 1.29 is 0 Å². The average Bonchev–Trinajstić information content (AvgIpc) is 3.56. The number of rotatable bonds is 4. The molecule has 6 rings (SSSR count). The Kier molecular flexibility index (Phi) is 4.57. The van der Waals surface area contributed by atoms with E-state index in [0.717, 1.165) is 23.0 Å². The van der Waals surface area contributed by atoms with Gasteiger partial charge in [0.2, 0.25) is 0 Å². The van der Waals surface area contributed by atoms with E-state index in [0.29, 0.717) is 0 Å². The van der Waals surface area contributed by atoms with Gasteiger partial charge in [0.1, 0.15) is 11.6 Å². The van der Waals surface area contributed by atoms with Crippen LogP contribution in [0.4, 0.5) is 0 Å². The van der Waals surface area contributed by atoms with E-state index in [-0.39, 0.29) is 5.41 Å². The summed E-state index contributed by atoms with van der Waals surface area (Å²) >= 11 is 3.58. The molecule has 0 saturated heterocycles. The number of aryl methyl sites for hydroxylation is 2. The number of fused-ring (bicyclic) bond motifs is 2. The summed E-state index contributed by atoms with van der Waals surface area (Å²) in [6.07, 6.45) is 4.27. The van der Waals surface area contributed by atoms with E-state index in [9.17, 15) is 0 Å². The van der Waals surface area contributed by atoms with Crippen LogP contribution in [0.25, 0.3) is 41.3 Å². The first-order chi connectivity index (χ1) is 15.9. The Morgan fingerprint density at radius 1 is 0.667 bits per heavy atom. The summed E-state index contributed by atoms with van der Waals surface area (Å²) in [4.78, 5) is 12.6. The van der Waals surface area contributed by atoms with Crippen molar-refractivity contribution in [2.24, 2.45) is 14.1 Å². The van der Waals surface area contributed by atoms with Gasteiger partial charge >= 0.3 is 0 Å². The van der Waals surface area contributed by atoms with Gasteiger partial charge in [-0.15, -0.1) is 22.7 Å². The molecule has 0 saturated carbocycles. The fourth-order valence-corrected chi connectivity index (χ4v) is 6.68. The molecule has 6 aromatic rings. The molecule has 0 fully saturated rings. The van der Waals surface area contributed by atoms with E-state index in [4.69, 9.17) is 9.97 Å². The number of thiophene rings is 2. The third-order valence-electron chi connectivity index (χ3n) is 6.23. The minimum atomic E-state index is -0.354. The maximum Gasteiger partial charge on any atom is 0.122 e. The predicted molar refractivity (Wildman–Crippen MR) is 140 cm³/mol. The molecule has 2 aromatic carbocycles. The summed E-state index contributed by atoms with van der Waals surface area (Å²) in [5.74, 6) is 2.01. The maximum atomic E-state index is 5.10. The average molecular weight is 469 g/mol. The molecule has 0 aliphatic heterocycles. The van der Waals surface area contributed by atoms with Crippen LogP contribution < -0.4 is 0 Å². The van der Waals surface area contributed by atoms with E-state index in [1.54, 1.807) is 22.7 Å². The van der Waals surface area contributed by atoms with Crippen molar-refractivity contribution in [3.8, 4) is 21.1 Å².